The van der Waals surface area contributed by atoms with Gasteiger partial charge in [-0.05, 0) is 26.7 Å². The Morgan fingerprint density at radius 3 is 1.91 bits per heavy atom. The molecule has 11 heavy (non-hydrogen) atoms. The Morgan fingerprint density at radius 1 is 1.18 bits per heavy atom. The standard InChI is InChI=1S/C8H15Cl2N/c1-6-4-3-5-7(2)11(6)8(9)10/h6-8H,3-5H2,1-2H3. The minimum Gasteiger partial charge on any atom is -0.270 e. The molecular weight excluding hydrogens is 181 g/mol. The topological polar surface area (TPSA) is 3.24 Å². The van der Waals surface area contributed by atoms with Crippen molar-refractivity contribution in [2.45, 2.75) is 50.2 Å². The van der Waals surface area contributed by atoms with Crippen molar-refractivity contribution in [2.75, 3.05) is 0 Å². The van der Waals surface area contributed by atoms with E-state index in [1.54, 1.807) is 0 Å². The number of rotatable bonds is 1. The molecule has 1 saturated heterocycles. The van der Waals surface area contributed by atoms with E-state index in [1.807, 2.05) is 0 Å². The van der Waals surface area contributed by atoms with Gasteiger partial charge in [-0.25, -0.2) is 0 Å². The molecule has 66 valence electrons. The van der Waals surface area contributed by atoms with Crippen molar-refractivity contribution in [1.82, 2.24) is 4.90 Å². The van der Waals surface area contributed by atoms with Crippen LogP contribution in [0.4, 0.5) is 0 Å². The van der Waals surface area contributed by atoms with E-state index in [-0.39, 0.29) is 4.96 Å². The van der Waals surface area contributed by atoms with E-state index in [4.69, 9.17) is 23.2 Å². The van der Waals surface area contributed by atoms with Crippen molar-refractivity contribution in [1.29, 1.82) is 0 Å². The third kappa shape index (κ3) is 2.24. The number of hydrogen-bond donors (Lipinski definition) is 0. The Bertz CT molecular complexity index is 117. The van der Waals surface area contributed by atoms with E-state index in [0.717, 1.165) is 0 Å². The molecule has 1 aliphatic heterocycles. The molecular formula is C8H15Cl2N. The van der Waals surface area contributed by atoms with Gasteiger partial charge >= 0.3 is 0 Å². The lowest BCUT2D eigenvalue weighted by molar-refractivity contribution is 0.114. The van der Waals surface area contributed by atoms with Crippen LogP contribution >= 0.6 is 23.2 Å². The highest BCUT2D eigenvalue weighted by Gasteiger charge is 2.28. The van der Waals surface area contributed by atoms with Crippen molar-refractivity contribution in [2.24, 2.45) is 0 Å². The predicted molar refractivity (Wildman–Crippen MR) is 50.1 cm³/mol. The second-order valence-corrected chi connectivity index (χ2v) is 4.40. The maximum atomic E-state index is 5.84. The first-order chi connectivity index (χ1) is 5.13. The summed E-state index contributed by atoms with van der Waals surface area (Å²) in [5.41, 5.74) is 0. The van der Waals surface area contributed by atoms with Crippen LogP contribution in [0.1, 0.15) is 33.1 Å². The van der Waals surface area contributed by atoms with E-state index in [9.17, 15) is 0 Å². The van der Waals surface area contributed by atoms with Crippen LogP contribution < -0.4 is 0 Å². The minimum atomic E-state index is -0.333. The summed E-state index contributed by atoms with van der Waals surface area (Å²) >= 11 is 11.7. The lowest BCUT2D eigenvalue weighted by atomic mass is 9.99. The van der Waals surface area contributed by atoms with Crippen LogP contribution in [0.15, 0.2) is 0 Å². The summed E-state index contributed by atoms with van der Waals surface area (Å²) in [4.78, 5) is 1.84. The Kier molecular flexibility index (Phi) is 3.48. The van der Waals surface area contributed by atoms with Crippen LogP contribution in [0, 0.1) is 0 Å². The van der Waals surface area contributed by atoms with E-state index >= 15 is 0 Å². The number of halogens is 2. The second kappa shape index (κ2) is 3.97. The molecule has 0 aromatic rings. The van der Waals surface area contributed by atoms with Crippen LogP contribution in [0.2, 0.25) is 0 Å². The van der Waals surface area contributed by atoms with Crippen molar-refractivity contribution >= 4 is 23.2 Å². The normalized spacial score (nSPS) is 34.6. The monoisotopic (exact) mass is 195 g/mol. The number of likely N-dealkylation sites (tertiary alicyclic amines) is 1. The highest BCUT2D eigenvalue weighted by atomic mass is 35.5. The third-order valence-corrected chi connectivity index (χ3v) is 2.94. The number of piperidine rings is 1. The summed E-state index contributed by atoms with van der Waals surface area (Å²) in [7, 11) is 0. The summed E-state index contributed by atoms with van der Waals surface area (Å²) in [6, 6.07) is 1.08. The van der Waals surface area contributed by atoms with E-state index in [1.165, 1.54) is 19.3 Å². The fraction of sp³-hybridized carbons (Fsp3) is 1.00. The third-order valence-electron chi connectivity index (χ3n) is 2.49. The first-order valence-corrected chi connectivity index (χ1v) is 5.06. The molecule has 1 nitrogen and oxygen atoms in total. The van der Waals surface area contributed by atoms with Gasteiger partial charge in [0.1, 0.15) is 0 Å². The van der Waals surface area contributed by atoms with Crippen LogP contribution in [-0.2, 0) is 0 Å². The summed E-state index contributed by atoms with van der Waals surface area (Å²) in [5, 5.41) is 0. The van der Waals surface area contributed by atoms with Crippen molar-refractivity contribution < 1.29 is 0 Å². The molecule has 1 heterocycles. The van der Waals surface area contributed by atoms with Gasteiger partial charge in [-0.1, -0.05) is 29.6 Å². The lowest BCUT2D eigenvalue weighted by Crippen LogP contribution is -2.45. The van der Waals surface area contributed by atoms with Gasteiger partial charge in [0, 0.05) is 12.1 Å². The molecule has 1 fully saturated rings. The Hall–Kier alpha value is 0.540. The molecule has 0 aliphatic carbocycles. The molecule has 1 aliphatic rings. The molecule has 0 amide bonds. The zero-order valence-corrected chi connectivity index (χ0v) is 8.57. The second-order valence-electron chi connectivity index (χ2n) is 3.35. The zero-order chi connectivity index (χ0) is 8.43. The fourth-order valence-electron chi connectivity index (χ4n) is 1.83. The summed E-state index contributed by atoms with van der Waals surface area (Å²) in [5.74, 6) is 0. The zero-order valence-electron chi connectivity index (χ0n) is 7.06. The van der Waals surface area contributed by atoms with Crippen LogP contribution in [-0.4, -0.2) is 21.9 Å². The molecule has 0 N–H and O–H groups in total. The Morgan fingerprint density at radius 2 is 1.64 bits per heavy atom. The van der Waals surface area contributed by atoms with Crippen LogP contribution in [0.25, 0.3) is 0 Å². The highest BCUT2D eigenvalue weighted by Crippen LogP contribution is 2.27. The van der Waals surface area contributed by atoms with Crippen molar-refractivity contribution in [3.05, 3.63) is 0 Å². The van der Waals surface area contributed by atoms with Gasteiger partial charge in [0.2, 0.25) is 0 Å². The van der Waals surface area contributed by atoms with Gasteiger partial charge in [0.05, 0.1) is 0 Å². The van der Waals surface area contributed by atoms with Crippen LogP contribution in [0.5, 0.6) is 0 Å². The van der Waals surface area contributed by atoms with E-state index in [0.29, 0.717) is 12.1 Å². The predicted octanol–water partition coefficient (Wildman–Crippen LogP) is 3.01. The minimum absolute atomic E-state index is 0.333. The van der Waals surface area contributed by atoms with Gasteiger partial charge in [-0.3, -0.25) is 4.90 Å². The number of alkyl halides is 2. The molecule has 0 spiro atoms. The van der Waals surface area contributed by atoms with Gasteiger partial charge < -0.3 is 0 Å². The van der Waals surface area contributed by atoms with Crippen molar-refractivity contribution in [3.8, 4) is 0 Å². The molecule has 0 saturated carbocycles. The lowest BCUT2D eigenvalue weighted by Gasteiger charge is -2.39. The average molecular weight is 196 g/mol. The smallest absolute Gasteiger partial charge is 0.161 e. The molecule has 0 bridgehead atoms. The largest absolute Gasteiger partial charge is 0.270 e. The maximum Gasteiger partial charge on any atom is 0.161 e. The molecule has 0 aromatic carbocycles. The molecule has 0 aromatic heterocycles. The van der Waals surface area contributed by atoms with Gasteiger partial charge in [0.25, 0.3) is 0 Å². The maximum absolute atomic E-state index is 5.84. The summed E-state index contributed by atoms with van der Waals surface area (Å²) in [6.45, 7) is 4.38. The molecule has 0 radical (unpaired) electrons. The van der Waals surface area contributed by atoms with Gasteiger partial charge in [0.15, 0.2) is 4.96 Å². The van der Waals surface area contributed by atoms with E-state index < -0.39 is 0 Å². The van der Waals surface area contributed by atoms with Crippen LogP contribution in [0.3, 0.4) is 0 Å². The molecule has 2 unspecified atom stereocenters. The summed E-state index contributed by atoms with van der Waals surface area (Å²) in [6.07, 6.45) is 3.75. The van der Waals surface area contributed by atoms with E-state index in [2.05, 4.69) is 18.7 Å². The first-order valence-electron chi connectivity index (χ1n) is 4.18. The van der Waals surface area contributed by atoms with Gasteiger partial charge in [-0.2, -0.15) is 0 Å². The van der Waals surface area contributed by atoms with Gasteiger partial charge in [-0.15, -0.1) is 0 Å². The quantitative estimate of drug-likeness (QED) is 0.460. The Labute approximate surface area is 78.7 Å². The molecule has 1 rings (SSSR count). The first kappa shape index (κ1) is 9.63. The molecule has 2 atom stereocenters. The highest BCUT2D eigenvalue weighted by molar-refractivity contribution is 6.43. The number of hydrogen-bond acceptors (Lipinski definition) is 1. The SMILES string of the molecule is CC1CCCC(C)N1C(Cl)Cl. The average Bonchev–Trinajstić information content (AvgIpc) is 1.85. The molecule has 3 heteroatoms. The fourth-order valence-corrected chi connectivity index (χ4v) is 2.60. The number of nitrogens with zero attached hydrogens (tertiary/aromatic N) is 1. The summed E-state index contributed by atoms with van der Waals surface area (Å²) < 4.78 is 0. The van der Waals surface area contributed by atoms with Crippen molar-refractivity contribution in [3.63, 3.8) is 0 Å². The Balaban J connectivity index is 2.55.